The summed E-state index contributed by atoms with van der Waals surface area (Å²) >= 11 is 1.89. The molecule has 0 bridgehead atoms. The Morgan fingerprint density at radius 2 is 0.533 bits per heavy atom. The van der Waals surface area contributed by atoms with Crippen molar-refractivity contribution in [2.75, 3.05) is 9.80 Å². The largest absolute Gasteiger partial charge is 0.456 e. The molecule has 0 amide bonds. The quantitative estimate of drug-likeness (QED) is 0.102. The zero-order valence-corrected chi connectivity index (χ0v) is 66.6. The Morgan fingerprint density at radius 3 is 1.05 bits per heavy atom. The van der Waals surface area contributed by atoms with Crippen LogP contribution in [-0.2, 0) is 10.8 Å². The number of furan rings is 1. The number of fused-ring (bicyclic) bond motifs is 12. The highest BCUT2D eigenvalue weighted by Crippen LogP contribution is 2.60. The van der Waals surface area contributed by atoms with Crippen LogP contribution in [0.15, 0.2) is 478 Å². The first-order chi connectivity index (χ1) is 59.5. The van der Waals surface area contributed by atoms with Gasteiger partial charge in [0.25, 0.3) is 0 Å². The number of nitrogens with zero attached hydrogens (tertiary/aromatic N) is 2. The number of anilines is 6. The van der Waals surface area contributed by atoms with Crippen LogP contribution in [0.25, 0.3) is 120 Å². The molecule has 0 unspecified atom stereocenters. The molecular formula is C116H78N2OS. The third-order valence-corrected chi connectivity index (χ3v) is 25.8. The molecule has 0 aliphatic heterocycles. The van der Waals surface area contributed by atoms with Gasteiger partial charge in [-0.2, -0.15) is 0 Å². The summed E-state index contributed by atoms with van der Waals surface area (Å²) in [5, 5.41) is 4.84. The highest BCUT2D eigenvalue weighted by atomic mass is 32.1. The van der Waals surface area contributed by atoms with Crippen LogP contribution in [0.3, 0.4) is 0 Å². The Bertz CT molecular complexity index is 7280. The zero-order valence-electron chi connectivity index (χ0n) is 65.7. The second-order valence-electron chi connectivity index (χ2n) is 31.2. The average molecular weight is 1550 g/mol. The highest BCUT2D eigenvalue weighted by Gasteiger charge is 2.48. The lowest BCUT2D eigenvalue weighted by Crippen LogP contribution is -2.28. The van der Waals surface area contributed by atoms with Gasteiger partial charge in [0.2, 0.25) is 0 Å². The van der Waals surface area contributed by atoms with Crippen LogP contribution < -0.4 is 9.80 Å². The van der Waals surface area contributed by atoms with Crippen LogP contribution in [0.5, 0.6) is 0 Å². The van der Waals surface area contributed by atoms with Gasteiger partial charge >= 0.3 is 0 Å². The van der Waals surface area contributed by atoms with Gasteiger partial charge in [-0.1, -0.05) is 370 Å². The van der Waals surface area contributed by atoms with Gasteiger partial charge in [-0.25, -0.2) is 0 Å². The molecule has 0 spiro atoms. The van der Waals surface area contributed by atoms with Crippen molar-refractivity contribution >= 4 is 87.6 Å². The Balaban J connectivity index is 0.000000145. The van der Waals surface area contributed by atoms with E-state index in [2.05, 4.69) is 483 Å². The van der Waals surface area contributed by atoms with Crippen LogP contribution in [0.2, 0.25) is 0 Å². The lowest BCUT2D eigenvalue weighted by Gasteiger charge is -2.34. The van der Waals surface area contributed by atoms with E-state index in [4.69, 9.17) is 4.42 Å². The minimum atomic E-state index is -0.554. The van der Waals surface area contributed by atoms with E-state index >= 15 is 0 Å². The molecule has 19 aromatic carbocycles. The molecule has 3 nitrogen and oxygen atoms in total. The summed E-state index contributed by atoms with van der Waals surface area (Å²) in [6, 6.07) is 172. The van der Waals surface area contributed by atoms with Crippen molar-refractivity contribution in [1.29, 1.82) is 0 Å². The monoisotopic (exact) mass is 1550 g/mol. The summed E-state index contributed by atoms with van der Waals surface area (Å²) in [6.07, 6.45) is 0. The molecule has 0 atom stereocenters. The topological polar surface area (TPSA) is 19.6 Å². The van der Waals surface area contributed by atoms with E-state index < -0.39 is 10.8 Å². The zero-order chi connectivity index (χ0) is 79.5. The molecule has 564 valence electrons. The van der Waals surface area contributed by atoms with Crippen LogP contribution >= 0.6 is 11.3 Å². The normalized spacial score (nSPS) is 12.6. The molecule has 0 radical (unpaired) electrons. The molecule has 0 N–H and O–H groups in total. The summed E-state index contributed by atoms with van der Waals surface area (Å²) in [5.74, 6) is 0. The maximum Gasteiger partial charge on any atom is 0.136 e. The number of para-hydroxylation sites is 2. The predicted octanol–water partition coefficient (Wildman–Crippen LogP) is 31.6. The van der Waals surface area contributed by atoms with Gasteiger partial charge in [-0.15, -0.1) is 11.3 Å². The standard InChI is InChI=1S/C61H41NO.C55H37NS/c1-4-16-42(17-5-1)44-30-34-47(35-31-44)61(56-27-12-10-24-53(56)54-25-11-13-28-57(54)61)48-36-39-58-55(41-48)60-52(26-15-29-59(60)63-58)46-20-14-23-51(40-46)62(49-21-8-3-9-22-49)50-37-32-45(33-38-50)43-18-6-2-7-19-43;1-4-16-38(17-5-1)39-30-33-44(34-31-39)56(43-21-8-3-9-22-43)45-23-14-18-40(36-45)41-32-35-48-53(37-41)57-52-29-15-28-51(54(48)52)55(42-19-6-2-7-20-42)49-26-12-10-24-46(49)47-25-11-13-27-50(47)55/h1-41H;1-37H. The molecule has 2 aliphatic rings. The number of hydrogen-bond acceptors (Lipinski definition) is 4. The molecule has 2 aliphatic carbocycles. The van der Waals surface area contributed by atoms with Crippen molar-refractivity contribution in [2.24, 2.45) is 0 Å². The molecule has 2 heterocycles. The maximum absolute atomic E-state index is 6.73. The van der Waals surface area contributed by atoms with Gasteiger partial charge < -0.3 is 14.2 Å². The predicted molar refractivity (Wildman–Crippen MR) is 504 cm³/mol. The SMILES string of the molecule is c1ccc(-c2ccc(N(c3ccccc3)c3cccc(-c4ccc5c(c4)sc4cccc(C6(c7ccccc7)c7ccccc7-c7ccccc76)c45)c3)cc2)cc1.c1ccc(-c2ccc(N(c3ccccc3)c3cccc(-c4cccc5oc6ccc(C7(c8ccc(-c9ccccc9)cc8)c8ccccc8-c8ccccc87)cc6c45)c3)cc2)cc1. The number of benzene rings is 19. The summed E-state index contributed by atoms with van der Waals surface area (Å²) in [4.78, 5) is 4.69. The van der Waals surface area contributed by atoms with E-state index in [9.17, 15) is 0 Å². The maximum atomic E-state index is 6.73. The van der Waals surface area contributed by atoms with E-state index in [1.807, 2.05) is 11.3 Å². The smallest absolute Gasteiger partial charge is 0.136 e. The molecule has 4 heteroatoms. The fourth-order valence-corrected chi connectivity index (χ4v) is 20.6. The minimum Gasteiger partial charge on any atom is -0.456 e. The molecule has 120 heavy (non-hydrogen) atoms. The van der Waals surface area contributed by atoms with Crippen molar-refractivity contribution in [3.05, 3.63) is 518 Å². The summed E-state index contributed by atoms with van der Waals surface area (Å²) in [6.45, 7) is 0. The molecular weight excluding hydrogens is 1470 g/mol. The van der Waals surface area contributed by atoms with Gasteiger partial charge in [0, 0.05) is 65.1 Å². The molecule has 0 saturated carbocycles. The van der Waals surface area contributed by atoms with Crippen LogP contribution in [0, 0.1) is 0 Å². The average Bonchev–Trinajstić information content (AvgIpc) is 1.53. The van der Waals surface area contributed by atoms with E-state index in [1.165, 1.54) is 131 Å². The molecule has 2 aromatic heterocycles. The van der Waals surface area contributed by atoms with E-state index in [-0.39, 0.29) is 0 Å². The Morgan fingerprint density at radius 1 is 0.183 bits per heavy atom. The van der Waals surface area contributed by atoms with Crippen LogP contribution in [0.1, 0.15) is 44.5 Å². The first-order valence-electron chi connectivity index (χ1n) is 41.3. The van der Waals surface area contributed by atoms with Crippen molar-refractivity contribution in [3.8, 4) is 77.9 Å². The molecule has 0 saturated heterocycles. The summed E-state index contributed by atoms with van der Waals surface area (Å²) < 4.78 is 9.32. The van der Waals surface area contributed by atoms with Crippen molar-refractivity contribution < 1.29 is 4.42 Å². The lowest BCUT2D eigenvalue weighted by atomic mass is 9.66. The minimum absolute atomic E-state index is 0.449. The molecule has 21 aromatic rings. The lowest BCUT2D eigenvalue weighted by molar-refractivity contribution is 0.668. The Hall–Kier alpha value is -15.2. The van der Waals surface area contributed by atoms with E-state index in [0.717, 1.165) is 67.2 Å². The Labute approximate surface area is 703 Å². The van der Waals surface area contributed by atoms with Gasteiger partial charge in [0.05, 0.1) is 10.8 Å². The molecule has 23 rings (SSSR count). The van der Waals surface area contributed by atoms with Gasteiger partial charge in [0.15, 0.2) is 0 Å². The van der Waals surface area contributed by atoms with Crippen molar-refractivity contribution in [2.45, 2.75) is 10.8 Å². The van der Waals surface area contributed by atoms with Crippen LogP contribution in [-0.4, -0.2) is 0 Å². The summed E-state index contributed by atoms with van der Waals surface area (Å²) in [5.41, 5.74) is 34.7. The number of rotatable bonds is 15. The van der Waals surface area contributed by atoms with Crippen molar-refractivity contribution in [1.82, 2.24) is 0 Å². The number of hydrogen-bond donors (Lipinski definition) is 0. The van der Waals surface area contributed by atoms with Crippen LogP contribution in [0.4, 0.5) is 34.1 Å². The van der Waals surface area contributed by atoms with E-state index in [1.54, 1.807) is 0 Å². The van der Waals surface area contributed by atoms with Gasteiger partial charge in [0.1, 0.15) is 11.2 Å². The van der Waals surface area contributed by atoms with Gasteiger partial charge in [-0.05, 0) is 226 Å². The third-order valence-electron chi connectivity index (χ3n) is 24.7. The third kappa shape index (κ3) is 12.1. The van der Waals surface area contributed by atoms with Gasteiger partial charge in [-0.3, -0.25) is 0 Å². The Kier molecular flexibility index (Phi) is 17.9. The number of thiophene rings is 1. The highest BCUT2D eigenvalue weighted by molar-refractivity contribution is 7.25. The van der Waals surface area contributed by atoms with E-state index in [0.29, 0.717) is 0 Å². The fraction of sp³-hybridized carbons (Fsp3) is 0.0172. The molecule has 0 fully saturated rings. The summed E-state index contributed by atoms with van der Waals surface area (Å²) in [7, 11) is 0. The fourth-order valence-electron chi connectivity index (χ4n) is 19.4. The van der Waals surface area contributed by atoms with Crippen molar-refractivity contribution in [3.63, 3.8) is 0 Å². The second kappa shape index (κ2) is 30.1. The second-order valence-corrected chi connectivity index (χ2v) is 32.3. The first-order valence-corrected chi connectivity index (χ1v) is 42.1. The first kappa shape index (κ1) is 71.4.